The van der Waals surface area contributed by atoms with Gasteiger partial charge in [-0.25, -0.2) is 0 Å². The first-order valence-electron chi connectivity index (χ1n) is 7.67. The molecule has 7 heteroatoms. The molecule has 0 aromatic heterocycles. The van der Waals surface area contributed by atoms with Crippen molar-refractivity contribution < 1.29 is 14.3 Å². The molecule has 1 aliphatic heterocycles. The van der Waals surface area contributed by atoms with Gasteiger partial charge in [-0.05, 0) is 42.5 Å². The maximum absolute atomic E-state index is 12.5. The van der Waals surface area contributed by atoms with Gasteiger partial charge in [0, 0.05) is 34.4 Å². The van der Waals surface area contributed by atoms with E-state index in [1.807, 2.05) is 0 Å². The molecule has 3 rings (SSSR count). The normalized spacial score (nSPS) is 16.8. The second-order valence-corrected chi connectivity index (χ2v) is 6.62. The van der Waals surface area contributed by atoms with Gasteiger partial charge in [0.05, 0.1) is 13.0 Å². The zero-order valence-corrected chi connectivity index (χ0v) is 15.0. The van der Waals surface area contributed by atoms with Crippen molar-refractivity contribution in [2.45, 2.75) is 6.42 Å². The van der Waals surface area contributed by atoms with Crippen LogP contribution >= 0.6 is 23.2 Å². The number of ether oxygens (including phenoxy) is 1. The molecule has 1 N–H and O–H groups in total. The van der Waals surface area contributed by atoms with E-state index < -0.39 is 5.92 Å². The van der Waals surface area contributed by atoms with E-state index in [0.717, 1.165) is 5.69 Å². The molecule has 2 aromatic carbocycles. The molecule has 130 valence electrons. The monoisotopic (exact) mass is 378 g/mol. The average Bonchev–Trinajstić information content (AvgIpc) is 2.96. The molecule has 1 aliphatic rings. The van der Waals surface area contributed by atoms with Gasteiger partial charge < -0.3 is 15.0 Å². The Morgan fingerprint density at radius 1 is 1.16 bits per heavy atom. The van der Waals surface area contributed by atoms with Crippen LogP contribution in [0.25, 0.3) is 0 Å². The smallest absolute Gasteiger partial charge is 0.229 e. The maximum atomic E-state index is 12.5. The first-order chi connectivity index (χ1) is 12.0. The lowest BCUT2D eigenvalue weighted by atomic mass is 10.1. The van der Waals surface area contributed by atoms with E-state index in [-0.39, 0.29) is 18.2 Å². The molecule has 1 saturated heterocycles. The van der Waals surface area contributed by atoms with Gasteiger partial charge >= 0.3 is 0 Å². The lowest BCUT2D eigenvalue weighted by Crippen LogP contribution is -2.28. The molecule has 0 saturated carbocycles. The van der Waals surface area contributed by atoms with Gasteiger partial charge in [-0.1, -0.05) is 23.2 Å². The highest BCUT2D eigenvalue weighted by Crippen LogP contribution is 2.28. The van der Waals surface area contributed by atoms with Crippen LogP contribution in [0.15, 0.2) is 42.5 Å². The van der Waals surface area contributed by atoms with Crippen LogP contribution in [-0.4, -0.2) is 25.5 Å². The third-order valence-electron chi connectivity index (χ3n) is 4.01. The number of hydrogen-bond donors (Lipinski definition) is 1. The zero-order valence-electron chi connectivity index (χ0n) is 13.5. The largest absolute Gasteiger partial charge is 0.497 e. The number of carbonyl (C=O) groups is 2. The van der Waals surface area contributed by atoms with Crippen LogP contribution < -0.4 is 15.0 Å². The van der Waals surface area contributed by atoms with E-state index in [0.29, 0.717) is 28.0 Å². The summed E-state index contributed by atoms with van der Waals surface area (Å²) in [7, 11) is 1.58. The SMILES string of the molecule is COc1ccc(N2CC(C(=O)Nc3cc(Cl)cc(Cl)c3)CC2=O)cc1. The summed E-state index contributed by atoms with van der Waals surface area (Å²) in [6.07, 6.45) is 0.159. The Balaban J connectivity index is 1.69. The Hall–Kier alpha value is -2.24. The van der Waals surface area contributed by atoms with Crippen LogP contribution in [0.4, 0.5) is 11.4 Å². The summed E-state index contributed by atoms with van der Waals surface area (Å²) in [5.74, 6) is -0.0491. The predicted octanol–water partition coefficient (Wildman–Crippen LogP) is 3.99. The molecule has 1 heterocycles. The Morgan fingerprint density at radius 3 is 2.40 bits per heavy atom. The van der Waals surface area contributed by atoms with E-state index in [9.17, 15) is 9.59 Å². The number of nitrogens with zero attached hydrogens (tertiary/aromatic N) is 1. The van der Waals surface area contributed by atoms with Crippen LogP contribution in [0.3, 0.4) is 0 Å². The lowest BCUT2D eigenvalue weighted by molar-refractivity contribution is -0.122. The fourth-order valence-corrected chi connectivity index (χ4v) is 3.29. The molecule has 0 spiro atoms. The quantitative estimate of drug-likeness (QED) is 0.874. The van der Waals surface area contributed by atoms with Gasteiger partial charge in [0.2, 0.25) is 11.8 Å². The van der Waals surface area contributed by atoms with E-state index >= 15 is 0 Å². The lowest BCUT2D eigenvalue weighted by Gasteiger charge is -2.17. The number of nitrogens with one attached hydrogen (secondary N) is 1. The van der Waals surface area contributed by atoms with Crippen LogP contribution in [0, 0.1) is 5.92 Å². The summed E-state index contributed by atoms with van der Waals surface area (Å²) in [6.45, 7) is 0.325. The zero-order chi connectivity index (χ0) is 18.0. The summed E-state index contributed by atoms with van der Waals surface area (Å²) in [5.41, 5.74) is 1.25. The number of rotatable bonds is 4. The topological polar surface area (TPSA) is 58.6 Å². The molecule has 2 amide bonds. The molecule has 2 aromatic rings. The molecule has 0 bridgehead atoms. The van der Waals surface area contributed by atoms with Crippen molar-refractivity contribution in [3.63, 3.8) is 0 Å². The number of halogens is 2. The summed E-state index contributed by atoms with van der Waals surface area (Å²) >= 11 is 11.9. The Kier molecular flexibility index (Phi) is 5.16. The van der Waals surface area contributed by atoms with Crippen LogP contribution in [-0.2, 0) is 9.59 Å². The molecular weight excluding hydrogens is 363 g/mol. The van der Waals surface area contributed by atoms with Gasteiger partial charge in [-0.15, -0.1) is 0 Å². The summed E-state index contributed by atoms with van der Waals surface area (Å²) < 4.78 is 5.11. The van der Waals surface area contributed by atoms with Crippen molar-refractivity contribution in [1.29, 1.82) is 0 Å². The van der Waals surface area contributed by atoms with E-state index in [4.69, 9.17) is 27.9 Å². The molecular formula is C18H16Cl2N2O3. The fraction of sp³-hybridized carbons (Fsp3) is 0.222. The van der Waals surface area contributed by atoms with Crippen LogP contribution in [0.1, 0.15) is 6.42 Å². The van der Waals surface area contributed by atoms with Gasteiger partial charge in [0.1, 0.15) is 5.75 Å². The highest BCUT2D eigenvalue weighted by atomic mass is 35.5. The van der Waals surface area contributed by atoms with Crippen molar-refractivity contribution in [3.05, 3.63) is 52.5 Å². The second-order valence-electron chi connectivity index (χ2n) is 5.75. The number of hydrogen-bond acceptors (Lipinski definition) is 3. The maximum Gasteiger partial charge on any atom is 0.229 e. The molecule has 1 unspecified atom stereocenters. The number of methoxy groups -OCH3 is 1. The minimum atomic E-state index is -0.438. The first kappa shape index (κ1) is 17.6. The predicted molar refractivity (Wildman–Crippen MR) is 98.5 cm³/mol. The van der Waals surface area contributed by atoms with Crippen molar-refractivity contribution in [1.82, 2.24) is 0 Å². The minimum absolute atomic E-state index is 0.0885. The summed E-state index contributed by atoms with van der Waals surface area (Å²) in [4.78, 5) is 26.3. The Bertz CT molecular complexity index is 788. The van der Waals surface area contributed by atoms with Crippen molar-refractivity contribution in [2.75, 3.05) is 23.9 Å². The molecule has 0 aliphatic carbocycles. The molecule has 1 fully saturated rings. The van der Waals surface area contributed by atoms with Crippen LogP contribution in [0.5, 0.6) is 5.75 Å². The van der Waals surface area contributed by atoms with Crippen molar-refractivity contribution in [3.8, 4) is 5.75 Å². The fourth-order valence-electron chi connectivity index (χ4n) is 2.77. The molecule has 25 heavy (non-hydrogen) atoms. The standard InChI is InChI=1S/C18H16Cl2N2O3/c1-25-16-4-2-15(3-5-16)22-10-11(6-17(22)23)18(24)21-14-8-12(19)7-13(20)9-14/h2-5,7-9,11H,6,10H2,1H3,(H,21,24). The van der Waals surface area contributed by atoms with Gasteiger partial charge in [0.15, 0.2) is 0 Å². The third-order valence-corrected chi connectivity index (χ3v) is 4.45. The molecule has 0 radical (unpaired) electrons. The minimum Gasteiger partial charge on any atom is -0.497 e. The van der Waals surface area contributed by atoms with Gasteiger partial charge in [-0.3, -0.25) is 9.59 Å². The van der Waals surface area contributed by atoms with Crippen molar-refractivity contribution >= 4 is 46.4 Å². The molecule has 1 atom stereocenters. The number of anilines is 2. The van der Waals surface area contributed by atoms with E-state index in [1.165, 1.54) is 0 Å². The number of amides is 2. The summed E-state index contributed by atoms with van der Waals surface area (Å²) in [5, 5.41) is 3.64. The highest BCUT2D eigenvalue weighted by molar-refractivity contribution is 6.35. The average molecular weight is 379 g/mol. The van der Waals surface area contributed by atoms with Crippen LogP contribution in [0.2, 0.25) is 10.0 Å². The molecule has 5 nitrogen and oxygen atoms in total. The number of benzene rings is 2. The van der Waals surface area contributed by atoms with E-state index in [1.54, 1.807) is 54.5 Å². The Morgan fingerprint density at radius 2 is 1.80 bits per heavy atom. The van der Waals surface area contributed by atoms with Crippen molar-refractivity contribution in [2.24, 2.45) is 5.92 Å². The third kappa shape index (κ3) is 4.06. The Labute approximate surface area is 155 Å². The first-order valence-corrected chi connectivity index (χ1v) is 8.43. The summed E-state index contributed by atoms with van der Waals surface area (Å²) in [6, 6.07) is 12.0. The van der Waals surface area contributed by atoms with Gasteiger partial charge in [-0.2, -0.15) is 0 Å². The second kappa shape index (κ2) is 7.33. The van der Waals surface area contributed by atoms with E-state index in [2.05, 4.69) is 5.32 Å². The highest BCUT2D eigenvalue weighted by Gasteiger charge is 2.35. The number of carbonyl (C=O) groups excluding carboxylic acids is 2. The van der Waals surface area contributed by atoms with Gasteiger partial charge in [0.25, 0.3) is 0 Å².